The number of nitrogens with zero attached hydrogens (tertiary/aromatic N) is 2. The summed E-state index contributed by atoms with van der Waals surface area (Å²) in [6.07, 6.45) is 0.192. The number of carbonyl (C=O) groups excluding carboxylic acids is 2. The van der Waals surface area contributed by atoms with Gasteiger partial charge in [0.2, 0.25) is 0 Å². The van der Waals surface area contributed by atoms with Crippen LogP contribution in [0.2, 0.25) is 0 Å². The Morgan fingerprint density at radius 2 is 1.19 bits per heavy atom. The molecular weight excluding hydrogens is 356 g/mol. The van der Waals surface area contributed by atoms with Crippen LogP contribution in [-0.4, -0.2) is 21.4 Å². The number of benzene rings is 2. The standard InChI is InChI=1S/C18H16N2O7/c1-3-15(21)13-9-11(19(23)24)5-7-17(13)27-18-8-6-12(20(25)26)10-14(18)16(22)4-2/h5-10H,3-4H2,1-2H3. The van der Waals surface area contributed by atoms with E-state index in [0.717, 1.165) is 12.1 Å². The predicted octanol–water partition coefficient (Wildman–Crippen LogP) is 4.48. The van der Waals surface area contributed by atoms with E-state index in [1.54, 1.807) is 13.8 Å². The topological polar surface area (TPSA) is 130 Å². The highest BCUT2D eigenvalue weighted by Crippen LogP contribution is 2.33. The molecule has 0 aliphatic rings. The van der Waals surface area contributed by atoms with Crippen molar-refractivity contribution < 1.29 is 24.2 Å². The molecule has 27 heavy (non-hydrogen) atoms. The predicted molar refractivity (Wildman–Crippen MR) is 95.5 cm³/mol. The molecule has 0 radical (unpaired) electrons. The van der Waals surface area contributed by atoms with Crippen molar-refractivity contribution in [3.63, 3.8) is 0 Å². The number of rotatable bonds is 8. The van der Waals surface area contributed by atoms with E-state index in [1.165, 1.54) is 24.3 Å². The molecule has 9 nitrogen and oxygen atoms in total. The quantitative estimate of drug-likeness (QED) is 0.379. The van der Waals surface area contributed by atoms with Gasteiger partial charge in [0.15, 0.2) is 11.6 Å². The summed E-state index contributed by atoms with van der Waals surface area (Å²) in [6.45, 7) is 3.20. The molecule has 0 amide bonds. The summed E-state index contributed by atoms with van der Waals surface area (Å²) >= 11 is 0. The molecule has 0 spiro atoms. The van der Waals surface area contributed by atoms with E-state index in [1.807, 2.05) is 0 Å². The average molecular weight is 372 g/mol. The molecule has 0 fully saturated rings. The van der Waals surface area contributed by atoms with Crippen LogP contribution in [0.3, 0.4) is 0 Å². The maximum atomic E-state index is 12.2. The SMILES string of the molecule is CCC(=O)c1cc([N+](=O)[O-])ccc1Oc1ccc([N+](=O)[O-])cc1C(=O)CC. The normalized spacial score (nSPS) is 10.3. The van der Waals surface area contributed by atoms with Crippen LogP contribution in [0.4, 0.5) is 11.4 Å². The molecule has 0 bridgehead atoms. The van der Waals surface area contributed by atoms with Gasteiger partial charge in [-0.15, -0.1) is 0 Å². The zero-order valence-corrected chi connectivity index (χ0v) is 14.6. The largest absolute Gasteiger partial charge is 0.456 e. The first kappa shape index (κ1) is 19.7. The molecule has 0 saturated heterocycles. The van der Waals surface area contributed by atoms with E-state index in [2.05, 4.69) is 0 Å². The van der Waals surface area contributed by atoms with Gasteiger partial charge < -0.3 is 4.74 Å². The van der Waals surface area contributed by atoms with Gasteiger partial charge in [0.25, 0.3) is 11.4 Å². The lowest BCUT2D eigenvalue weighted by Gasteiger charge is -2.13. The van der Waals surface area contributed by atoms with Crippen LogP contribution < -0.4 is 4.74 Å². The molecule has 9 heteroatoms. The number of hydrogen-bond acceptors (Lipinski definition) is 7. The Balaban J connectivity index is 2.56. The van der Waals surface area contributed by atoms with Gasteiger partial charge in [-0.05, 0) is 12.1 Å². The van der Waals surface area contributed by atoms with Crippen molar-refractivity contribution in [2.45, 2.75) is 26.7 Å². The molecule has 0 N–H and O–H groups in total. The summed E-state index contributed by atoms with van der Waals surface area (Å²) < 4.78 is 5.67. The van der Waals surface area contributed by atoms with Crippen molar-refractivity contribution in [1.82, 2.24) is 0 Å². The zero-order chi connectivity index (χ0) is 20.1. The molecule has 0 heterocycles. The number of Topliss-reactive ketones (excluding diaryl/α,β-unsaturated/α-hetero) is 2. The second-order valence-corrected chi connectivity index (χ2v) is 5.53. The lowest BCUT2D eigenvalue weighted by Crippen LogP contribution is -2.05. The molecule has 0 unspecified atom stereocenters. The number of non-ortho nitro benzene ring substituents is 2. The van der Waals surface area contributed by atoms with Gasteiger partial charge in [0.1, 0.15) is 11.5 Å². The van der Waals surface area contributed by atoms with Gasteiger partial charge in [0.05, 0.1) is 21.0 Å². The van der Waals surface area contributed by atoms with E-state index < -0.39 is 9.85 Å². The fourth-order valence-corrected chi connectivity index (χ4v) is 2.38. The zero-order valence-electron chi connectivity index (χ0n) is 14.6. The fourth-order valence-electron chi connectivity index (χ4n) is 2.38. The van der Waals surface area contributed by atoms with Crippen LogP contribution in [0.25, 0.3) is 0 Å². The second-order valence-electron chi connectivity index (χ2n) is 5.53. The highest BCUT2D eigenvalue weighted by Gasteiger charge is 2.21. The van der Waals surface area contributed by atoms with E-state index in [0.29, 0.717) is 0 Å². The molecule has 0 aromatic heterocycles. The summed E-state index contributed by atoms with van der Waals surface area (Å²) in [5.41, 5.74) is -0.541. The molecule has 140 valence electrons. The maximum absolute atomic E-state index is 12.2. The first-order chi connectivity index (χ1) is 12.8. The highest BCUT2D eigenvalue weighted by molar-refractivity contribution is 6.00. The van der Waals surface area contributed by atoms with E-state index in [-0.39, 0.29) is 58.4 Å². The van der Waals surface area contributed by atoms with Crippen LogP contribution in [-0.2, 0) is 0 Å². The van der Waals surface area contributed by atoms with Gasteiger partial charge in [-0.25, -0.2) is 0 Å². The van der Waals surface area contributed by atoms with Crippen LogP contribution >= 0.6 is 0 Å². The van der Waals surface area contributed by atoms with E-state index in [9.17, 15) is 29.8 Å². The number of nitro benzene ring substituents is 2. The smallest absolute Gasteiger partial charge is 0.270 e. The minimum atomic E-state index is -0.631. The lowest BCUT2D eigenvalue weighted by molar-refractivity contribution is -0.385. The summed E-state index contributed by atoms with van der Waals surface area (Å²) in [5.74, 6) is -0.684. The third-order valence-electron chi connectivity index (χ3n) is 3.81. The summed E-state index contributed by atoms with van der Waals surface area (Å²) in [5, 5.41) is 21.9. The van der Waals surface area contributed by atoms with Crippen LogP contribution in [0, 0.1) is 20.2 Å². The Morgan fingerprint density at radius 1 is 0.815 bits per heavy atom. The van der Waals surface area contributed by atoms with Crippen molar-refractivity contribution >= 4 is 22.9 Å². The third-order valence-corrected chi connectivity index (χ3v) is 3.81. The molecule has 0 aliphatic heterocycles. The number of nitro groups is 2. The second kappa shape index (κ2) is 8.17. The van der Waals surface area contributed by atoms with Crippen molar-refractivity contribution in [2.75, 3.05) is 0 Å². The van der Waals surface area contributed by atoms with E-state index in [4.69, 9.17) is 4.74 Å². The van der Waals surface area contributed by atoms with Crippen LogP contribution in [0.1, 0.15) is 47.4 Å². The summed E-state index contributed by atoms with van der Waals surface area (Å²) in [4.78, 5) is 45.0. The van der Waals surface area contributed by atoms with Crippen molar-refractivity contribution in [3.05, 3.63) is 67.8 Å². The first-order valence-corrected chi connectivity index (χ1v) is 8.09. The average Bonchev–Trinajstić information content (AvgIpc) is 2.66. The molecule has 2 aromatic rings. The van der Waals surface area contributed by atoms with Gasteiger partial charge in [-0.3, -0.25) is 29.8 Å². The molecule has 2 aromatic carbocycles. The van der Waals surface area contributed by atoms with Gasteiger partial charge in [0, 0.05) is 37.1 Å². The van der Waals surface area contributed by atoms with E-state index >= 15 is 0 Å². The van der Waals surface area contributed by atoms with Crippen LogP contribution in [0.15, 0.2) is 36.4 Å². The molecule has 0 aliphatic carbocycles. The van der Waals surface area contributed by atoms with Crippen molar-refractivity contribution in [2.24, 2.45) is 0 Å². The monoisotopic (exact) mass is 372 g/mol. The minimum Gasteiger partial charge on any atom is -0.456 e. The third kappa shape index (κ3) is 4.32. The molecular formula is C18H16N2O7. The fraction of sp³-hybridized carbons (Fsp3) is 0.222. The number of ether oxygens (including phenoxy) is 1. The van der Waals surface area contributed by atoms with Crippen LogP contribution in [0.5, 0.6) is 11.5 Å². The Kier molecular flexibility index (Phi) is 5.96. The summed E-state index contributed by atoms with van der Waals surface area (Å²) in [7, 11) is 0. The Bertz CT molecular complexity index is 862. The number of carbonyl (C=O) groups is 2. The first-order valence-electron chi connectivity index (χ1n) is 8.09. The molecule has 2 rings (SSSR count). The van der Waals surface area contributed by atoms with Gasteiger partial charge in [-0.1, -0.05) is 13.8 Å². The van der Waals surface area contributed by atoms with Crippen molar-refractivity contribution in [3.8, 4) is 11.5 Å². The maximum Gasteiger partial charge on any atom is 0.270 e. The molecule has 0 atom stereocenters. The Morgan fingerprint density at radius 3 is 1.48 bits per heavy atom. The lowest BCUT2D eigenvalue weighted by atomic mass is 10.1. The minimum absolute atomic E-state index is 0.0000461. The number of hydrogen-bond donors (Lipinski definition) is 0. The van der Waals surface area contributed by atoms with Crippen molar-refractivity contribution in [1.29, 1.82) is 0 Å². The summed E-state index contributed by atoms with van der Waals surface area (Å²) in [6, 6.07) is 7.09. The number of ketones is 2. The Labute approximate surface area is 153 Å². The molecule has 0 saturated carbocycles. The van der Waals surface area contributed by atoms with Gasteiger partial charge in [-0.2, -0.15) is 0 Å². The Hall–Kier alpha value is -3.62. The van der Waals surface area contributed by atoms with Gasteiger partial charge >= 0.3 is 0 Å². The highest BCUT2D eigenvalue weighted by atomic mass is 16.6.